The Morgan fingerprint density at radius 2 is 2.03 bits per heavy atom. The first-order chi connectivity index (χ1) is 16.5. The average molecular weight is 476 g/mol. The van der Waals surface area contributed by atoms with Gasteiger partial charge in [0.05, 0.1) is 23.2 Å². The van der Waals surface area contributed by atoms with E-state index in [1.807, 2.05) is 43.0 Å². The lowest BCUT2D eigenvalue weighted by atomic mass is 10.1. The van der Waals surface area contributed by atoms with Crippen LogP contribution in [0.15, 0.2) is 54.9 Å². The predicted molar refractivity (Wildman–Crippen MR) is 131 cm³/mol. The maximum atomic E-state index is 13.1. The number of carbonyl (C=O) groups excluding carboxylic acids is 1. The number of nitrogens with one attached hydrogen (secondary N) is 1. The van der Waals surface area contributed by atoms with E-state index in [0.717, 1.165) is 21.2 Å². The molecule has 8 nitrogen and oxygen atoms in total. The van der Waals surface area contributed by atoms with E-state index in [2.05, 4.69) is 15.3 Å². The number of benzene rings is 1. The number of aryl methyl sites for hydroxylation is 1. The number of hydrogen-bond acceptors (Lipinski definition) is 6. The molecule has 3 aromatic heterocycles. The molecule has 4 heterocycles. The van der Waals surface area contributed by atoms with Crippen molar-refractivity contribution in [1.29, 1.82) is 0 Å². The van der Waals surface area contributed by atoms with Crippen LogP contribution in [0.3, 0.4) is 0 Å². The second-order valence-corrected chi connectivity index (χ2v) is 8.38. The highest BCUT2D eigenvalue weighted by Crippen LogP contribution is 2.38. The van der Waals surface area contributed by atoms with Crippen molar-refractivity contribution in [3.05, 3.63) is 81.9 Å². The van der Waals surface area contributed by atoms with Gasteiger partial charge in [0.2, 0.25) is 5.52 Å². The van der Waals surface area contributed by atoms with Crippen molar-refractivity contribution in [2.75, 3.05) is 23.4 Å². The summed E-state index contributed by atoms with van der Waals surface area (Å²) < 4.78 is 6.80. The summed E-state index contributed by atoms with van der Waals surface area (Å²) in [5.74, 6) is 1.50. The number of para-hydroxylation sites is 1. The summed E-state index contributed by atoms with van der Waals surface area (Å²) in [6.45, 7) is 4.79. The van der Waals surface area contributed by atoms with E-state index in [4.69, 9.17) is 16.3 Å². The van der Waals surface area contributed by atoms with Crippen LogP contribution in [0.25, 0.3) is 10.9 Å². The lowest BCUT2D eigenvalue weighted by molar-refractivity contribution is -0.577. The van der Waals surface area contributed by atoms with E-state index < -0.39 is 0 Å². The quantitative estimate of drug-likeness (QED) is 0.258. The molecule has 0 saturated heterocycles. The molecule has 0 aliphatic carbocycles. The summed E-state index contributed by atoms with van der Waals surface area (Å²) in [5, 5.41) is 16.1. The van der Waals surface area contributed by atoms with Gasteiger partial charge >= 0.3 is 0 Å². The summed E-state index contributed by atoms with van der Waals surface area (Å²) in [7, 11) is 0. The SMILES string of the molecule is CCN1c2ncc(CCOc3cc[n+]([O-])c4ccccc34)cc2C(=O)Nc2c(C)cc(Cl)nc21. The Morgan fingerprint density at radius 3 is 2.85 bits per heavy atom. The number of carbonyl (C=O) groups is 1. The van der Waals surface area contributed by atoms with Crippen LogP contribution in [0.1, 0.15) is 28.4 Å². The van der Waals surface area contributed by atoms with Gasteiger partial charge in [-0.2, -0.15) is 4.73 Å². The number of anilines is 3. The van der Waals surface area contributed by atoms with Crippen molar-refractivity contribution in [1.82, 2.24) is 9.97 Å². The molecule has 34 heavy (non-hydrogen) atoms. The molecule has 0 fully saturated rings. The fourth-order valence-corrected chi connectivity index (χ4v) is 4.39. The number of aromatic nitrogens is 3. The highest BCUT2D eigenvalue weighted by molar-refractivity contribution is 6.30. The molecule has 0 unspecified atom stereocenters. The summed E-state index contributed by atoms with van der Waals surface area (Å²) in [5.41, 5.74) is 3.33. The molecule has 0 atom stereocenters. The maximum Gasteiger partial charge on any atom is 0.259 e. The Kier molecular flexibility index (Phi) is 5.67. The highest BCUT2D eigenvalue weighted by Gasteiger charge is 2.28. The van der Waals surface area contributed by atoms with Crippen LogP contribution in [0.2, 0.25) is 5.15 Å². The molecule has 4 aromatic rings. The summed E-state index contributed by atoms with van der Waals surface area (Å²) >= 11 is 6.20. The average Bonchev–Trinajstić information content (AvgIpc) is 2.95. The van der Waals surface area contributed by atoms with Gasteiger partial charge in [-0.1, -0.05) is 23.7 Å². The number of nitrogens with zero attached hydrogens (tertiary/aromatic N) is 4. The van der Waals surface area contributed by atoms with E-state index in [1.54, 1.807) is 24.4 Å². The summed E-state index contributed by atoms with van der Waals surface area (Å²) in [4.78, 5) is 24.0. The number of halogens is 1. The Hall–Kier alpha value is -3.91. The fraction of sp³-hybridized carbons (Fsp3) is 0.200. The van der Waals surface area contributed by atoms with Crippen LogP contribution in [0.4, 0.5) is 17.3 Å². The van der Waals surface area contributed by atoms with Crippen molar-refractivity contribution in [3.63, 3.8) is 0 Å². The zero-order chi connectivity index (χ0) is 23.8. The first-order valence-electron chi connectivity index (χ1n) is 10.9. The Balaban J connectivity index is 1.40. The third kappa shape index (κ3) is 3.86. The van der Waals surface area contributed by atoms with Gasteiger partial charge in [0.25, 0.3) is 5.91 Å². The second-order valence-electron chi connectivity index (χ2n) is 7.99. The number of ether oxygens (including phenoxy) is 1. The molecule has 0 saturated carbocycles. The molecule has 0 radical (unpaired) electrons. The molecule has 5 rings (SSSR count). The molecule has 1 amide bonds. The molecule has 172 valence electrons. The molecule has 1 aromatic carbocycles. The Labute approximate surface area is 201 Å². The normalized spacial score (nSPS) is 12.7. The first-order valence-corrected chi connectivity index (χ1v) is 11.3. The third-order valence-electron chi connectivity index (χ3n) is 5.82. The minimum Gasteiger partial charge on any atom is -0.618 e. The number of hydrogen-bond donors (Lipinski definition) is 1. The zero-order valence-electron chi connectivity index (χ0n) is 18.7. The van der Waals surface area contributed by atoms with Crippen molar-refractivity contribution >= 4 is 45.7 Å². The van der Waals surface area contributed by atoms with Gasteiger partial charge in [-0.15, -0.1) is 0 Å². The summed E-state index contributed by atoms with van der Waals surface area (Å²) in [6, 6.07) is 12.5. The van der Waals surface area contributed by atoms with Gasteiger partial charge in [-0.25, -0.2) is 9.97 Å². The summed E-state index contributed by atoms with van der Waals surface area (Å²) in [6.07, 6.45) is 3.72. The van der Waals surface area contributed by atoms with Crippen LogP contribution in [-0.2, 0) is 6.42 Å². The molecule has 1 aliphatic rings. The van der Waals surface area contributed by atoms with Crippen molar-refractivity contribution < 1.29 is 14.3 Å². The largest absolute Gasteiger partial charge is 0.618 e. The number of fused-ring (bicyclic) bond motifs is 3. The van der Waals surface area contributed by atoms with Gasteiger partial charge in [-0.3, -0.25) is 4.79 Å². The highest BCUT2D eigenvalue weighted by atomic mass is 35.5. The van der Waals surface area contributed by atoms with Gasteiger partial charge in [0.1, 0.15) is 16.7 Å². The molecular weight excluding hydrogens is 454 g/mol. The third-order valence-corrected chi connectivity index (χ3v) is 6.01. The molecule has 0 bridgehead atoms. The second kappa shape index (κ2) is 8.79. The standard InChI is InChI=1S/C25H22ClN5O3/c1-3-30-23-18(25(32)29-22-15(2)12-21(26)28-24(22)30)13-16(14-27-23)9-11-34-20-8-10-31(33)19-7-5-4-6-17(19)20/h4-8,10,12-14H,3,9,11H2,1-2H3,(H,29,32). The van der Waals surface area contributed by atoms with E-state index in [9.17, 15) is 10.0 Å². The van der Waals surface area contributed by atoms with E-state index in [0.29, 0.717) is 58.9 Å². The van der Waals surface area contributed by atoms with E-state index in [-0.39, 0.29) is 5.91 Å². The van der Waals surface area contributed by atoms with Crippen molar-refractivity contribution in [2.24, 2.45) is 0 Å². The van der Waals surface area contributed by atoms with Crippen molar-refractivity contribution in [2.45, 2.75) is 20.3 Å². The van der Waals surface area contributed by atoms with Crippen LogP contribution in [0, 0.1) is 12.1 Å². The van der Waals surface area contributed by atoms with Crippen LogP contribution < -0.4 is 19.7 Å². The lowest BCUT2D eigenvalue weighted by Gasteiger charge is -2.23. The van der Waals surface area contributed by atoms with Crippen LogP contribution in [-0.4, -0.2) is 29.0 Å². The minimum absolute atomic E-state index is 0.247. The number of pyridine rings is 3. The Bertz CT molecular complexity index is 1430. The lowest BCUT2D eigenvalue weighted by Crippen LogP contribution is -2.26. The smallest absolute Gasteiger partial charge is 0.259 e. The first kappa shape index (κ1) is 21.9. The fourth-order valence-electron chi connectivity index (χ4n) is 4.15. The number of rotatable bonds is 5. The molecule has 0 spiro atoms. The topological polar surface area (TPSA) is 94.3 Å². The minimum atomic E-state index is -0.247. The Morgan fingerprint density at radius 1 is 1.21 bits per heavy atom. The van der Waals surface area contributed by atoms with Gasteiger partial charge in [0, 0.05) is 31.3 Å². The van der Waals surface area contributed by atoms with Gasteiger partial charge in [-0.05, 0) is 43.2 Å². The van der Waals surface area contributed by atoms with Crippen LogP contribution in [0.5, 0.6) is 5.75 Å². The maximum absolute atomic E-state index is 13.1. The van der Waals surface area contributed by atoms with Crippen LogP contribution >= 0.6 is 11.6 Å². The van der Waals surface area contributed by atoms with E-state index >= 15 is 0 Å². The zero-order valence-corrected chi connectivity index (χ0v) is 19.5. The predicted octanol–water partition coefficient (Wildman–Crippen LogP) is 4.57. The molecule has 1 N–H and O–H groups in total. The number of amides is 1. The van der Waals surface area contributed by atoms with E-state index in [1.165, 1.54) is 6.20 Å². The molecular formula is C25H22ClN5O3. The molecule has 9 heteroatoms. The van der Waals surface area contributed by atoms with Gasteiger partial charge in [0.15, 0.2) is 12.0 Å². The van der Waals surface area contributed by atoms with Gasteiger partial charge < -0.3 is 20.2 Å². The van der Waals surface area contributed by atoms with Crippen molar-refractivity contribution in [3.8, 4) is 5.75 Å². The monoisotopic (exact) mass is 475 g/mol. The molecule has 1 aliphatic heterocycles.